The molecule has 7 rings (SSSR count). The first-order chi connectivity index (χ1) is 19.3. The molecule has 2 unspecified atom stereocenters. The maximum Gasteiger partial charge on any atom is 0.228 e. The van der Waals surface area contributed by atoms with Gasteiger partial charge in [0.1, 0.15) is 18.1 Å². The molecular formula is C31H34N4O4S. The Morgan fingerprint density at radius 3 is 2.58 bits per heavy atom. The summed E-state index contributed by atoms with van der Waals surface area (Å²) < 4.78 is 18.8. The van der Waals surface area contributed by atoms with Gasteiger partial charge in [-0.1, -0.05) is 32.3 Å². The number of fused-ring (bicyclic) bond motifs is 4. The van der Waals surface area contributed by atoms with E-state index in [9.17, 15) is 5.21 Å². The third-order valence-corrected chi connectivity index (χ3v) is 9.32. The van der Waals surface area contributed by atoms with Gasteiger partial charge in [0.2, 0.25) is 11.7 Å². The van der Waals surface area contributed by atoms with Crippen molar-refractivity contribution in [2.24, 2.45) is 11.8 Å². The second-order valence-corrected chi connectivity index (χ2v) is 13.2. The van der Waals surface area contributed by atoms with Gasteiger partial charge in [0.15, 0.2) is 10.4 Å². The van der Waals surface area contributed by atoms with Crippen LogP contribution in [0, 0.1) is 11.8 Å². The average Bonchev–Trinajstić information content (AvgIpc) is 3.74. The van der Waals surface area contributed by atoms with Gasteiger partial charge in [-0.2, -0.15) is 4.98 Å². The molecule has 1 N–H and O–H groups in total. The normalized spacial score (nSPS) is 19.6. The first-order valence-corrected chi connectivity index (χ1v) is 14.9. The highest BCUT2D eigenvalue weighted by atomic mass is 32.1. The van der Waals surface area contributed by atoms with Crippen molar-refractivity contribution in [1.82, 2.24) is 15.0 Å². The highest BCUT2D eigenvalue weighted by Crippen LogP contribution is 2.39. The second-order valence-electron chi connectivity index (χ2n) is 12.1. The van der Waals surface area contributed by atoms with E-state index in [1.807, 2.05) is 39.0 Å². The highest BCUT2D eigenvalue weighted by Gasteiger charge is 2.35. The van der Waals surface area contributed by atoms with Crippen molar-refractivity contribution < 1.29 is 18.9 Å². The van der Waals surface area contributed by atoms with Gasteiger partial charge in [0.25, 0.3) is 0 Å². The summed E-state index contributed by atoms with van der Waals surface area (Å²) in [5, 5.41) is 16.7. The van der Waals surface area contributed by atoms with Gasteiger partial charge >= 0.3 is 0 Å². The third kappa shape index (κ3) is 4.76. The predicted octanol–water partition coefficient (Wildman–Crippen LogP) is 7.63. The number of aromatic nitrogens is 2. The molecule has 2 atom stereocenters. The molecule has 1 aliphatic carbocycles. The van der Waals surface area contributed by atoms with Crippen molar-refractivity contribution in [3.05, 3.63) is 54.3 Å². The topological polar surface area (TPSA) is 88.0 Å². The van der Waals surface area contributed by atoms with Crippen LogP contribution >= 0.6 is 11.3 Å². The second kappa shape index (κ2) is 9.90. The molecule has 0 bridgehead atoms. The molecule has 3 aromatic heterocycles. The molecule has 1 aliphatic heterocycles. The van der Waals surface area contributed by atoms with E-state index >= 15 is 0 Å². The molecule has 2 fully saturated rings. The maximum absolute atomic E-state index is 10.7. The summed E-state index contributed by atoms with van der Waals surface area (Å²) >= 11 is 1.61. The Bertz CT molecular complexity index is 1640. The van der Waals surface area contributed by atoms with Crippen molar-refractivity contribution >= 4 is 43.3 Å². The fourth-order valence-electron chi connectivity index (χ4n) is 6.04. The van der Waals surface area contributed by atoms with Crippen LogP contribution in [0.5, 0.6) is 5.75 Å². The van der Waals surface area contributed by atoms with Crippen LogP contribution in [0.1, 0.15) is 45.8 Å². The zero-order valence-corrected chi connectivity index (χ0v) is 23.9. The number of anilines is 2. The molecule has 1 saturated heterocycles. The van der Waals surface area contributed by atoms with Crippen LogP contribution in [0.15, 0.2) is 57.5 Å². The number of benzene rings is 2. The molecule has 0 radical (unpaired) electrons. The summed E-state index contributed by atoms with van der Waals surface area (Å²) in [6, 6.07) is 15.3. The minimum absolute atomic E-state index is 0.195. The molecule has 1 saturated carbocycles. The lowest BCUT2D eigenvalue weighted by atomic mass is 9.93. The summed E-state index contributed by atoms with van der Waals surface area (Å²) in [6.07, 6.45) is 4.23. The Hall–Kier alpha value is -3.40. The van der Waals surface area contributed by atoms with Crippen LogP contribution in [-0.4, -0.2) is 46.5 Å². The molecule has 208 valence electrons. The zero-order chi connectivity index (χ0) is 27.4. The average molecular weight is 559 g/mol. The molecular weight excluding hydrogens is 524 g/mol. The van der Waals surface area contributed by atoms with E-state index in [0.29, 0.717) is 29.8 Å². The van der Waals surface area contributed by atoms with Crippen molar-refractivity contribution in [1.29, 1.82) is 0 Å². The smallest absolute Gasteiger partial charge is 0.228 e. The summed E-state index contributed by atoms with van der Waals surface area (Å²) in [6.45, 7) is 10.3. The molecule has 8 nitrogen and oxygen atoms in total. The lowest BCUT2D eigenvalue weighted by Crippen LogP contribution is -2.27. The van der Waals surface area contributed by atoms with Crippen molar-refractivity contribution in [2.45, 2.75) is 45.4 Å². The standard InChI is InChI=1S/C31H34N4O4S/c1-31(2,3)26-16-27(33-39-26)35(36)22-9-7-19(8-10-22)29-32-30-28(38-29)24-12-11-23(15-25(24)40-30)37-14-13-34-17-20-5-4-6-21(20)18-34/h7-12,15-16,20-21,36H,4-6,13-14,17-18H2,1-3H3. The summed E-state index contributed by atoms with van der Waals surface area (Å²) in [4.78, 5) is 8.18. The quantitative estimate of drug-likeness (QED) is 0.204. The Kier molecular flexibility index (Phi) is 6.33. The molecule has 2 aliphatic rings. The summed E-state index contributed by atoms with van der Waals surface area (Å²) in [7, 11) is 0. The summed E-state index contributed by atoms with van der Waals surface area (Å²) in [5.41, 5.74) is 1.99. The number of thiophene rings is 1. The summed E-state index contributed by atoms with van der Waals surface area (Å²) in [5.74, 6) is 4.31. The van der Waals surface area contributed by atoms with Crippen LogP contribution in [0.25, 0.3) is 32.0 Å². The number of hydrogen-bond acceptors (Lipinski definition) is 9. The SMILES string of the molecule is CC(C)(C)c1cc(N(O)c2ccc(-c3nc4sc5cc(OCCN6CC7CCCC7C6)ccc5c4o3)cc2)no1. The molecule has 0 amide bonds. The number of ether oxygens (including phenoxy) is 1. The Morgan fingerprint density at radius 1 is 1.07 bits per heavy atom. The van der Waals surface area contributed by atoms with Gasteiger partial charge in [0.05, 0.1) is 5.69 Å². The van der Waals surface area contributed by atoms with Gasteiger partial charge in [-0.3, -0.25) is 10.1 Å². The van der Waals surface area contributed by atoms with Crippen molar-refractivity contribution in [3.63, 3.8) is 0 Å². The zero-order valence-electron chi connectivity index (χ0n) is 23.1. The van der Waals surface area contributed by atoms with Crippen molar-refractivity contribution in [3.8, 4) is 17.2 Å². The van der Waals surface area contributed by atoms with Crippen molar-refractivity contribution in [2.75, 3.05) is 31.3 Å². The molecule has 0 spiro atoms. The van der Waals surface area contributed by atoms with E-state index < -0.39 is 0 Å². The van der Waals surface area contributed by atoms with E-state index in [2.05, 4.69) is 22.2 Å². The Morgan fingerprint density at radius 2 is 1.85 bits per heavy atom. The molecule has 2 aromatic carbocycles. The number of rotatable bonds is 7. The minimum atomic E-state index is -0.195. The van der Waals surface area contributed by atoms with Crippen LogP contribution in [-0.2, 0) is 5.41 Å². The molecule has 40 heavy (non-hydrogen) atoms. The first-order valence-electron chi connectivity index (χ1n) is 14.1. The third-order valence-electron chi connectivity index (χ3n) is 8.29. The van der Waals surface area contributed by atoms with Crippen LogP contribution in [0.2, 0.25) is 0 Å². The lowest BCUT2D eigenvalue weighted by molar-refractivity contribution is 0.227. The van der Waals surface area contributed by atoms with E-state index in [1.54, 1.807) is 29.5 Å². The molecule has 4 heterocycles. The largest absolute Gasteiger partial charge is 0.492 e. The van der Waals surface area contributed by atoms with E-state index in [-0.39, 0.29) is 5.41 Å². The van der Waals surface area contributed by atoms with E-state index in [4.69, 9.17) is 18.7 Å². The van der Waals surface area contributed by atoms with E-state index in [1.165, 1.54) is 32.4 Å². The predicted molar refractivity (Wildman–Crippen MR) is 157 cm³/mol. The minimum Gasteiger partial charge on any atom is -0.492 e. The fourth-order valence-corrected chi connectivity index (χ4v) is 7.07. The number of oxazole rings is 1. The molecule has 9 heteroatoms. The van der Waals surface area contributed by atoms with Gasteiger partial charge in [-0.15, -0.1) is 11.3 Å². The van der Waals surface area contributed by atoms with Gasteiger partial charge in [0, 0.05) is 46.8 Å². The lowest BCUT2D eigenvalue weighted by Gasteiger charge is -2.17. The Labute approximate surface area is 237 Å². The number of likely N-dealkylation sites (tertiary alicyclic amines) is 1. The number of nitrogens with zero attached hydrogens (tertiary/aromatic N) is 4. The first kappa shape index (κ1) is 25.6. The van der Waals surface area contributed by atoms with Crippen LogP contribution < -0.4 is 9.80 Å². The number of hydrogen-bond donors (Lipinski definition) is 1. The Balaban J connectivity index is 1.02. The van der Waals surface area contributed by atoms with Gasteiger partial charge < -0.3 is 13.7 Å². The van der Waals surface area contributed by atoms with Crippen LogP contribution in [0.4, 0.5) is 11.5 Å². The fraction of sp³-hybridized carbons (Fsp3) is 0.419. The monoisotopic (exact) mass is 558 g/mol. The molecule has 5 aromatic rings. The highest BCUT2D eigenvalue weighted by molar-refractivity contribution is 7.25. The maximum atomic E-state index is 10.7. The van der Waals surface area contributed by atoms with Crippen LogP contribution in [0.3, 0.4) is 0 Å². The van der Waals surface area contributed by atoms with Gasteiger partial charge in [-0.25, -0.2) is 5.06 Å². The van der Waals surface area contributed by atoms with Gasteiger partial charge in [-0.05, 0) is 67.1 Å². The van der Waals surface area contributed by atoms with E-state index in [0.717, 1.165) is 55.3 Å².